The van der Waals surface area contributed by atoms with Crippen molar-refractivity contribution in [1.82, 2.24) is 4.90 Å². The molecule has 0 amide bonds. The molecule has 1 aromatic carbocycles. The van der Waals surface area contributed by atoms with Crippen LogP contribution >= 0.6 is 0 Å². The average molecular weight is 246 g/mol. The minimum Gasteiger partial charge on any atom is -0.493 e. The normalized spacial score (nSPS) is 28.5. The predicted molar refractivity (Wildman–Crippen MR) is 72.9 cm³/mol. The summed E-state index contributed by atoms with van der Waals surface area (Å²) in [6, 6.07) is 8.83. The van der Waals surface area contributed by atoms with E-state index in [-0.39, 0.29) is 0 Å². The summed E-state index contributed by atoms with van der Waals surface area (Å²) in [5.74, 6) is 1.69. The van der Waals surface area contributed by atoms with E-state index in [4.69, 9.17) is 10.5 Å². The third-order valence-electron chi connectivity index (χ3n) is 4.10. The quantitative estimate of drug-likeness (QED) is 0.867. The van der Waals surface area contributed by atoms with Crippen LogP contribution in [0.3, 0.4) is 0 Å². The van der Waals surface area contributed by atoms with Gasteiger partial charge in [-0.15, -0.1) is 0 Å². The minimum absolute atomic E-state index is 0.369. The first-order valence-electron chi connectivity index (χ1n) is 7.02. The number of rotatable bonds is 2. The number of para-hydroxylation sites is 1. The summed E-state index contributed by atoms with van der Waals surface area (Å²) < 4.78 is 5.72. The van der Waals surface area contributed by atoms with E-state index >= 15 is 0 Å². The van der Waals surface area contributed by atoms with Crippen molar-refractivity contribution in [3.8, 4) is 5.75 Å². The van der Waals surface area contributed by atoms with Crippen LogP contribution in [0.5, 0.6) is 5.75 Å². The van der Waals surface area contributed by atoms with E-state index in [2.05, 4.69) is 29.2 Å². The number of nitrogens with zero attached hydrogens (tertiary/aromatic N) is 1. The SMILES string of the molecule is NC1CCCN(CC2CCOc3ccccc32)C1. The number of benzene rings is 1. The van der Waals surface area contributed by atoms with Crippen molar-refractivity contribution in [2.24, 2.45) is 5.73 Å². The van der Waals surface area contributed by atoms with Gasteiger partial charge in [-0.05, 0) is 37.4 Å². The van der Waals surface area contributed by atoms with Gasteiger partial charge in [0.25, 0.3) is 0 Å². The van der Waals surface area contributed by atoms with Crippen molar-refractivity contribution in [2.45, 2.75) is 31.2 Å². The number of piperidine rings is 1. The second-order valence-corrected chi connectivity index (χ2v) is 5.53. The summed E-state index contributed by atoms with van der Waals surface area (Å²) in [5.41, 5.74) is 7.44. The van der Waals surface area contributed by atoms with E-state index in [0.717, 1.165) is 31.9 Å². The van der Waals surface area contributed by atoms with E-state index in [1.54, 1.807) is 0 Å². The van der Waals surface area contributed by atoms with Crippen LogP contribution in [0, 0.1) is 0 Å². The van der Waals surface area contributed by atoms with Gasteiger partial charge in [-0.1, -0.05) is 18.2 Å². The highest BCUT2D eigenvalue weighted by atomic mass is 16.5. The Hall–Kier alpha value is -1.06. The second kappa shape index (κ2) is 5.29. The largest absolute Gasteiger partial charge is 0.493 e. The van der Waals surface area contributed by atoms with Crippen LogP contribution in [0.2, 0.25) is 0 Å². The maximum Gasteiger partial charge on any atom is 0.122 e. The Morgan fingerprint density at radius 2 is 2.17 bits per heavy atom. The zero-order chi connectivity index (χ0) is 12.4. The van der Waals surface area contributed by atoms with E-state index < -0.39 is 0 Å². The van der Waals surface area contributed by atoms with Crippen molar-refractivity contribution < 1.29 is 4.74 Å². The van der Waals surface area contributed by atoms with Gasteiger partial charge in [0.05, 0.1) is 6.61 Å². The lowest BCUT2D eigenvalue weighted by molar-refractivity contribution is 0.176. The molecule has 3 heteroatoms. The molecule has 2 N–H and O–H groups in total. The van der Waals surface area contributed by atoms with Crippen molar-refractivity contribution in [3.05, 3.63) is 29.8 Å². The van der Waals surface area contributed by atoms with Crippen molar-refractivity contribution in [1.29, 1.82) is 0 Å². The standard InChI is InChI=1S/C15H22N2O/c16-13-4-3-8-17(11-13)10-12-7-9-18-15-6-2-1-5-14(12)15/h1-2,5-6,12-13H,3-4,7-11,16H2. The lowest BCUT2D eigenvalue weighted by atomic mass is 9.92. The van der Waals surface area contributed by atoms with Crippen molar-refractivity contribution in [2.75, 3.05) is 26.2 Å². The number of nitrogens with two attached hydrogens (primary N) is 1. The molecule has 2 unspecified atom stereocenters. The molecule has 98 valence electrons. The Bertz CT molecular complexity index is 407. The highest BCUT2D eigenvalue weighted by Crippen LogP contribution is 2.34. The van der Waals surface area contributed by atoms with Gasteiger partial charge in [-0.3, -0.25) is 0 Å². The van der Waals surface area contributed by atoms with Gasteiger partial charge >= 0.3 is 0 Å². The molecule has 0 spiro atoms. The van der Waals surface area contributed by atoms with Gasteiger partial charge in [-0.25, -0.2) is 0 Å². The maximum absolute atomic E-state index is 6.06. The average Bonchev–Trinajstić information content (AvgIpc) is 2.39. The van der Waals surface area contributed by atoms with E-state index in [9.17, 15) is 0 Å². The Balaban J connectivity index is 1.70. The maximum atomic E-state index is 6.06. The van der Waals surface area contributed by atoms with Crippen LogP contribution < -0.4 is 10.5 Å². The first-order valence-corrected chi connectivity index (χ1v) is 7.02. The fourth-order valence-electron chi connectivity index (χ4n) is 3.17. The van der Waals surface area contributed by atoms with Crippen LogP contribution in [0.4, 0.5) is 0 Å². The molecule has 2 aliphatic heterocycles. The first-order chi connectivity index (χ1) is 8.83. The topological polar surface area (TPSA) is 38.5 Å². The summed E-state index contributed by atoms with van der Waals surface area (Å²) in [6.45, 7) is 4.24. The highest BCUT2D eigenvalue weighted by molar-refractivity contribution is 5.37. The molecule has 0 aromatic heterocycles. The van der Waals surface area contributed by atoms with Crippen LogP contribution in [-0.2, 0) is 0 Å². The lowest BCUT2D eigenvalue weighted by Gasteiger charge is -2.35. The van der Waals surface area contributed by atoms with Crippen LogP contribution in [0.25, 0.3) is 0 Å². The molecule has 0 bridgehead atoms. The molecule has 2 heterocycles. The minimum atomic E-state index is 0.369. The zero-order valence-electron chi connectivity index (χ0n) is 10.8. The molecular weight excluding hydrogens is 224 g/mol. The fourth-order valence-corrected chi connectivity index (χ4v) is 3.17. The van der Waals surface area contributed by atoms with Gasteiger partial charge < -0.3 is 15.4 Å². The van der Waals surface area contributed by atoms with Crippen molar-refractivity contribution >= 4 is 0 Å². The van der Waals surface area contributed by atoms with Crippen LogP contribution in [0.1, 0.15) is 30.7 Å². The summed E-state index contributed by atoms with van der Waals surface area (Å²) in [7, 11) is 0. The summed E-state index contributed by atoms with van der Waals surface area (Å²) >= 11 is 0. The fraction of sp³-hybridized carbons (Fsp3) is 0.600. The van der Waals surface area contributed by atoms with Gasteiger partial charge in [0.15, 0.2) is 0 Å². The molecule has 0 aliphatic carbocycles. The molecule has 1 fully saturated rings. The van der Waals surface area contributed by atoms with Gasteiger partial charge in [0.2, 0.25) is 0 Å². The Labute approximate surface area is 109 Å². The summed E-state index contributed by atoms with van der Waals surface area (Å²) in [5, 5.41) is 0. The molecule has 2 atom stereocenters. The molecule has 3 nitrogen and oxygen atoms in total. The smallest absolute Gasteiger partial charge is 0.122 e. The van der Waals surface area contributed by atoms with Crippen LogP contribution in [-0.4, -0.2) is 37.2 Å². The Kier molecular flexibility index (Phi) is 3.52. The van der Waals surface area contributed by atoms with E-state index in [0.29, 0.717) is 12.0 Å². The molecule has 1 saturated heterocycles. The molecule has 3 rings (SSSR count). The first kappa shape index (κ1) is 12.0. The van der Waals surface area contributed by atoms with Gasteiger partial charge in [0.1, 0.15) is 5.75 Å². The van der Waals surface area contributed by atoms with Gasteiger partial charge in [-0.2, -0.15) is 0 Å². The van der Waals surface area contributed by atoms with E-state index in [1.165, 1.54) is 24.9 Å². The molecule has 2 aliphatic rings. The molecule has 0 saturated carbocycles. The third-order valence-corrected chi connectivity index (χ3v) is 4.10. The van der Waals surface area contributed by atoms with Crippen LogP contribution in [0.15, 0.2) is 24.3 Å². The summed E-state index contributed by atoms with van der Waals surface area (Å²) in [4.78, 5) is 2.53. The third kappa shape index (κ3) is 2.52. The number of hydrogen-bond donors (Lipinski definition) is 1. The molecule has 1 aromatic rings. The predicted octanol–water partition coefficient (Wildman–Crippen LogP) is 1.98. The monoisotopic (exact) mass is 246 g/mol. The number of likely N-dealkylation sites (tertiary alicyclic amines) is 1. The lowest BCUT2D eigenvalue weighted by Crippen LogP contribution is -2.44. The molecule has 18 heavy (non-hydrogen) atoms. The second-order valence-electron chi connectivity index (χ2n) is 5.53. The van der Waals surface area contributed by atoms with Crippen molar-refractivity contribution in [3.63, 3.8) is 0 Å². The Morgan fingerprint density at radius 3 is 3.06 bits per heavy atom. The molecular formula is C15H22N2O. The summed E-state index contributed by atoms with van der Waals surface area (Å²) in [6.07, 6.45) is 3.55. The number of fused-ring (bicyclic) bond motifs is 1. The number of ether oxygens (including phenoxy) is 1. The van der Waals surface area contributed by atoms with Gasteiger partial charge in [0, 0.05) is 25.0 Å². The van der Waals surface area contributed by atoms with E-state index in [1.807, 2.05) is 0 Å². The highest BCUT2D eigenvalue weighted by Gasteiger charge is 2.25. The zero-order valence-corrected chi connectivity index (χ0v) is 10.8. The number of hydrogen-bond acceptors (Lipinski definition) is 3. The Morgan fingerprint density at radius 1 is 1.28 bits per heavy atom. The molecule has 0 radical (unpaired) electrons.